The summed E-state index contributed by atoms with van der Waals surface area (Å²) in [7, 11) is 0. The van der Waals surface area contributed by atoms with Gasteiger partial charge in [-0.1, -0.05) is 25.1 Å². The fraction of sp³-hybridized carbons (Fsp3) is 0.600. The third-order valence-corrected chi connectivity index (χ3v) is 4.37. The van der Waals surface area contributed by atoms with E-state index in [1.807, 2.05) is 0 Å². The molecule has 1 saturated heterocycles. The summed E-state index contributed by atoms with van der Waals surface area (Å²) in [5.41, 5.74) is 3.51. The van der Waals surface area contributed by atoms with E-state index in [1.165, 1.54) is 56.7 Å². The fourth-order valence-electron chi connectivity index (χ4n) is 3.22. The highest BCUT2D eigenvalue weighted by atomic mass is 15.2. The molecule has 2 aliphatic heterocycles. The van der Waals surface area contributed by atoms with Gasteiger partial charge in [0.2, 0.25) is 0 Å². The van der Waals surface area contributed by atoms with E-state index in [2.05, 4.69) is 41.4 Å². The van der Waals surface area contributed by atoms with Gasteiger partial charge in [0.25, 0.3) is 0 Å². The zero-order valence-electron chi connectivity index (χ0n) is 10.7. The van der Waals surface area contributed by atoms with Crippen LogP contribution in [0.1, 0.15) is 25.3 Å². The van der Waals surface area contributed by atoms with E-state index in [0.717, 1.165) is 0 Å². The summed E-state index contributed by atoms with van der Waals surface area (Å²) in [6, 6.07) is 8.89. The first-order valence-electron chi connectivity index (χ1n) is 6.80. The standard InChI is InChI=1S/C15H22N2/c1-15(7-9-16-10-8-15)12-17-11-6-13-4-2-3-5-14(13)17/h2-5,16H,6-12H2,1H3. The van der Waals surface area contributed by atoms with Gasteiger partial charge in [0.1, 0.15) is 0 Å². The Hall–Kier alpha value is -1.02. The molecule has 1 N–H and O–H groups in total. The number of rotatable bonds is 2. The molecule has 0 aliphatic carbocycles. The second-order valence-corrected chi connectivity index (χ2v) is 5.86. The molecule has 0 spiro atoms. The van der Waals surface area contributed by atoms with Gasteiger partial charge < -0.3 is 10.2 Å². The van der Waals surface area contributed by atoms with Gasteiger partial charge in [0, 0.05) is 18.8 Å². The van der Waals surface area contributed by atoms with Gasteiger partial charge in [-0.2, -0.15) is 0 Å². The molecule has 3 rings (SSSR count). The van der Waals surface area contributed by atoms with E-state index in [4.69, 9.17) is 0 Å². The van der Waals surface area contributed by atoms with Crippen molar-refractivity contribution in [2.75, 3.05) is 31.1 Å². The van der Waals surface area contributed by atoms with E-state index in [1.54, 1.807) is 0 Å². The number of fused-ring (bicyclic) bond motifs is 1. The van der Waals surface area contributed by atoms with Crippen molar-refractivity contribution < 1.29 is 0 Å². The quantitative estimate of drug-likeness (QED) is 0.839. The lowest BCUT2D eigenvalue weighted by atomic mass is 9.80. The maximum Gasteiger partial charge on any atom is 0.0399 e. The van der Waals surface area contributed by atoms with Gasteiger partial charge in [0.15, 0.2) is 0 Å². The largest absolute Gasteiger partial charge is 0.370 e. The van der Waals surface area contributed by atoms with Crippen LogP contribution in [0.2, 0.25) is 0 Å². The van der Waals surface area contributed by atoms with E-state index >= 15 is 0 Å². The molecule has 17 heavy (non-hydrogen) atoms. The van der Waals surface area contributed by atoms with Crippen molar-refractivity contribution in [3.05, 3.63) is 29.8 Å². The Bertz CT molecular complexity index is 394. The molecule has 0 saturated carbocycles. The third-order valence-electron chi connectivity index (χ3n) is 4.37. The van der Waals surface area contributed by atoms with Gasteiger partial charge >= 0.3 is 0 Å². The molecule has 0 atom stereocenters. The molecule has 2 heterocycles. The minimum atomic E-state index is 0.503. The normalized spacial score (nSPS) is 22.5. The highest BCUT2D eigenvalue weighted by Crippen LogP contribution is 2.34. The average Bonchev–Trinajstić information content (AvgIpc) is 2.73. The Labute approximate surface area is 104 Å². The summed E-state index contributed by atoms with van der Waals surface area (Å²) in [4.78, 5) is 2.60. The van der Waals surface area contributed by atoms with Crippen molar-refractivity contribution in [2.45, 2.75) is 26.2 Å². The molecule has 0 radical (unpaired) electrons. The molecule has 1 aromatic carbocycles. The molecule has 2 heteroatoms. The number of para-hydroxylation sites is 1. The molecule has 2 aliphatic rings. The first-order valence-corrected chi connectivity index (χ1v) is 6.80. The highest BCUT2D eigenvalue weighted by molar-refractivity contribution is 5.57. The van der Waals surface area contributed by atoms with Crippen molar-refractivity contribution in [1.82, 2.24) is 5.32 Å². The van der Waals surface area contributed by atoms with Crippen LogP contribution in [0.5, 0.6) is 0 Å². The van der Waals surface area contributed by atoms with E-state index in [-0.39, 0.29) is 0 Å². The fourth-order valence-corrected chi connectivity index (χ4v) is 3.22. The lowest BCUT2D eigenvalue weighted by Crippen LogP contribution is -2.42. The van der Waals surface area contributed by atoms with E-state index in [0.29, 0.717) is 5.41 Å². The Morgan fingerprint density at radius 3 is 2.82 bits per heavy atom. The van der Waals surface area contributed by atoms with Gasteiger partial charge in [-0.15, -0.1) is 0 Å². The second kappa shape index (κ2) is 4.34. The van der Waals surface area contributed by atoms with Crippen molar-refractivity contribution in [1.29, 1.82) is 0 Å². The number of anilines is 1. The van der Waals surface area contributed by atoms with E-state index < -0.39 is 0 Å². The topological polar surface area (TPSA) is 15.3 Å². The van der Waals surface area contributed by atoms with Crippen LogP contribution in [0.15, 0.2) is 24.3 Å². The second-order valence-electron chi connectivity index (χ2n) is 5.86. The molecule has 0 aromatic heterocycles. The number of nitrogens with one attached hydrogen (secondary N) is 1. The molecule has 92 valence electrons. The number of hydrogen-bond donors (Lipinski definition) is 1. The van der Waals surface area contributed by atoms with Crippen LogP contribution < -0.4 is 10.2 Å². The maximum atomic E-state index is 3.47. The molecule has 0 amide bonds. The van der Waals surface area contributed by atoms with Crippen LogP contribution >= 0.6 is 0 Å². The van der Waals surface area contributed by atoms with Gasteiger partial charge in [-0.3, -0.25) is 0 Å². The zero-order chi connectivity index (χ0) is 11.7. The summed E-state index contributed by atoms with van der Waals surface area (Å²) in [5, 5.41) is 3.47. The van der Waals surface area contributed by atoms with Crippen LogP contribution in [0.25, 0.3) is 0 Å². The summed E-state index contributed by atoms with van der Waals surface area (Å²) < 4.78 is 0. The molecule has 0 bridgehead atoms. The van der Waals surface area contributed by atoms with Gasteiger partial charge in [-0.05, 0) is 49.4 Å². The predicted molar refractivity (Wildman–Crippen MR) is 72.6 cm³/mol. The third kappa shape index (κ3) is 2.19. The molecule has 0 unspecified atom stereocenters. The monoisotopic (exact) mass is 230 g/mol. The summed E-state index contributed by atoms with van der Waals surface area (Å²) in [6.45, 7) is 7.26. The first-order chi connectivity index (χ1) is 8.27. The Morgan fingerprint density at radius 1 is 1.24 bits per heavy atom. The lowest BCUT2D eigenvalue weighted by Gasteiger charge is -2.38. The molecule has 1 aromatic rings. The van der Waals surface area contributed by atoms with Crippen molar-refractivity contribution in [2.24, 2.45) is 5.41 Å². The summed E-state index contributed by atoms with van der Waals surface area (Å²) >= 11 is 0. The van der Waals surface area contributed by atoms with Crippen LogP contribution in [-0.4, -0.2) is 26.2 Å². The Kier molecular flexibility index (Phi) is 2.83. The van der Waals surface area contributed by atoms with Crippen LogP contribution in [-0.2, 0) is 6.42 Å². The van der Waals surface area contributed by atoms with Crippen molar-refractivity contribution >= 4 is 5.69 Å². The average molecular weight is 230 g/mol. The minimum Gasteiger partial charge on any atom is -0.370 e. The molecule has 1 fully saturated rings. The minimum absolute atomic E-state index is 0.503. The van der Waals surface area contributed by atoms with Crippen LogP contribution in [0, 0.1) is 5.41 Å². The van der Waals surface area contributed by atoms with E-state index in [9.17, 15) is 0 Å². The summed E-state index contributed by atoms with van der Waals surface area (Å²) in [5.74, 6) is 0. The van der Waals surface area contributed by atoms with Gasteiger partial charge in [0.05, 0.1) is 0 Å². The molecule has 2 nitrogen and oxygen atoms in total. The smallest absolute Gasteiger partial charge is 0.0399 e. The van der Waals surface area contributed by atoms with Crippen molar-refractivity contribution in [3.63, 3.8) is 0 Å². The van der Waals surface area contributed by atoms with Gasteiger partial charge in [-0.25, -0.2) is 0 Å². The van der Waals surface area contributed by atoms with Crippen LogP contribution in [0.3, 0.4) is 0 Å². The van der Waals surface area contributed by atoms with Crippen LogP contribution in [0.4, 0.5) is 5.69 Å². The Morgan fingerprint density at radius 2 is 2.00 bits per heavy atom. The first kappa shape index (κ1) is 11.1. The predicted octanol–water partition coefficient (Wildman–Crippen LogP) is 2.44. The lowest BCUT2D eigenvalue weighted by molar-refractivity contribution is 0.235. The zero-order valence-corrected chi connectivity index (χ0v) is 10.7. The SMILES string of the molecule is CC1(CN2CCc3ccccc32)CCNCC1. The number of nitrogens with zero attached hydrogens (tertiary/aromatic N) is 1. The maximum absolute atomic E-state index is 3.47. The number of hydrogen-bond acceptors (Lipinski definition) is 2. The number of benzene rings is 1. The molecular weight excluding hydrogens is 208 g/mol. The highest BCUT2D eigenvalue weighted by Gasteiger charge is 2.31. The number of piperidine rings is 1. The Balaban J connectivity index is 1.74. The molecular formula is C15H22N2. The van der Waals surface area contributed by atoms with Crippen molar-refractivity contribution in [3.8, 4) is 0 Å². The summed E-state index contributed by atoms with van der Waals surface area (Å²) in [6.07, 6.45) is 3.85.